The van der Waals surface area contributed by atoms with E-state index in [0.717, 1.165) is 17.8 Å². The van der Waals surface area contributed by atoms with Gasteiger partial charge in [0, 0.05) is 18.5 Å². The average Bonchev–Trinajstić information content (AvgIpc) is 2.73. The molecule has 0 unspecified atom stereocenters. The number of hydrogen-bond donors (Lipinski definition) is 2. The lowest BCUT2D eigenvalue weighted by Crippen LogP contribution is -2.21. The largest absolute Gasteiger partial charge is 0.478 e. The van der Waals surface area contributed by atoms with E-state index in [1.54, 1.807) is 5.38 Å². The molecule has 0 amide bonds. The van der Waals surface area contributed by atoms with Crippen LogP contribution in [0.4, 0.5) is 5.82 Å². The molecule has 0 saturated heterocycles. The highest BCUT2D eigenvalue weighted by molar-refractivity contribution is 7.18. The number of fused-ring (bicyclic) bond motifs is 1. The molecule has 2 heterocycles. The van der Waals surface area contributed by atoms with E-state index in [0.29, 0.717) is 11.3 Å². The van der Waals surface area contributed by atoms with Crippen molar-refractivity contribution in [2.24, 2.45) is 0 Å². The third-order valence-corrected chi connectivity index (χ3v) is 3.41. The summed E-state index contributed by atoms with van der Waals surface area (Å²) in [5.41, 5.74) is 0.725. The highest BCUT2D eigenvalue weighted by atomic mass is 32.1. The molecule has 2 aromatic heterocycles. The first kappa shape index (κ1) is 12.7. The van der Waals surface area contributed by atoms with Crippen molar-refractivity contribution in [2.45, 2.75) is 0 Å². The van der Waals surface area contributed by atoms with Crippen molar-refractivity contribution in [3.8, 4) is 0 Å². The molecule has 2 aromatic rings. The number of thiophene rings is 1. The van der Waals surface area contributed by atoms with Crippen molar-refractivity contribution in [1.29, 1.82) is 0 Å². The molecule has 2 rings (SSSR count). The van der Waals surface area contributed by atoms with E-state index in [4.69, 9.17) is 5.11 Å². The second-order valence-corrected chi connectivity index (χ2v) is 4.96. The smallest absolute Gasteiger partial charge is 0.338 e. The summed E-state index contributed by atoms with van der Waals surface area (Å²) in [4.78, 5) is 21.3. The molecule has 0 aliphatic rings. The Hall–Kier alpha value is -1.73. The van der Waals surface area contributed by atoms with Crippen LogP contribution in [0, 0.1) is 0 Å². The van der Waals surface area contributed by atoms with Gasteiger partial charge in [-0.15, -0.1) is 11.3 Å². The van der Waals surface area contributed by atoms with E-state index in [1.807, 2.05) is 14.1 Å². The number of rotatable bonds is 5. The van der Waals surface area contributed by atoms with Gasteiger partial charge in [-0.2, -0.15) is 0 Å². The van der Waals surface area contributed by atoms with Crippen LogP contribution < -0.4 is 5.32 Å². The lowest BCUT2D eigenvalue weighted by molar-refractivity contribution is 0.0699. The van der Waals surface area contributed by atoms with Crippen LogP contribution in [-0.4, -0.2) is 53.1 Å². The summed E-state index contributed by atoms with van der Waals surface area (Å²) in [5.74, 6) is -0.265. The quantitative estimate of drug-likeness (QED) is 0.851. The van der Waals surface area contributed by atoms with Gasteiger partial charge in [0.15, 0.2) is 0 Å². The third-order valence-electron chi connectivity index (χ3n) is 2.44. The molecule has 18 heavy (non-hydrogen) atoms. The van der Waals surface area contributed by atoms with Gasteiger partial charge in [-0.1, -0.05) is 0 Å². The molecule has 0 aliphatic carbocycles. The zero-order chi connectivity index (χ0) is 13.1. The number of aromatic carboxylic acids is 1. The molecule has 0 atom stereocenters. The first-order chi connectivity index (χ1) is 8.59. The van der Waals surface area contributed by atoms with Gasteiger partial charge < -0.3 is 15.3 Å². The number of carbonyl (C=O) groups is 1. The predicted molar refractivity (Wildman–Crippen MR) is 71.4 cm³/mol. The summed E-state index contributed by atoms with van der Waals surface area (Å²) in [7, 11) is 3.98. The highest BCUT2D eigenvalue weighted by Crippen LogP contribution is 2.28. The number of hydrogen-bond acceptors (Lipinski definition) is 6. The zero-order valence-corrected chi connectivity index (χ0v) is 11.0. The fourth-order valence-electron chi connectivity index (χ4n) is 1.53. The summed E-state index contributed by atoms with van der Waals surface area (Å²) in [6.07, 6.45) is 1.39. The van der Waals surface area contributed by atoms with Crippen molar-refractivity contribution in [3.63, 3.8) is 0 Å². The van der Waals surface area contributed by atoms with E-state index in [9.17, 15) is 4.79 Å². The Labute approximate surface area is 108 Å². The summed E-state index contributed by atoms with van der Waals surface area (Å²) >= 11 is 1.35. The minimum atomic E-state index is -0.959. The number of likely N-dealkylation sites (N-methyl/N-ethyl adjacent to an activating group) is 1. The van der Waals surface area contributed by atoms with Crippen LogP contribution in [0.1, 0.15) is 10.4 Å². The first-order valence-electron chi connectivity index (χ1n) is 5.43. The molecule has 0 spiro atoms. The van der Waals surface area contributed by atoms with E-state index in [2.05, 4.69) is 20.2 Å². The van der Waals surface area contributed by atoms with Crippen molar-refractivity contribution in [1.82, 2.24) is 14.9 Å². The van der Waals surface area contributed by atoms with E-state index < -0.39 is 5.97 Å². The molecule has 0 saturated carbocycles. The number of carboxylic acids is 1. The van der Waals surface area contributed by atoms with Crippen molar-refractivity contribution >= 4 is 33.3 Å². The molecule has 0 fully saturated rings. The molecular weight excluding hydrogens is 252 g/mol. The van der Waals surface area contributed by atoms with E-state index >= 15 is 0 Å². The first-order valence-corrected chi connectivity index (χ1v) is 6.31. The summed E-state index contributed by atoms with van der Waals surface area (Å²) < 4.78 is 0.786. The fraction of sp³-hybridized carbons (Fsp3) is 0.364. The minimum Gasteiger partial charge on any atom is -0.478 e. The lowest BCUT2D eigenvalue weighted by Gasteiger charge is -2.10. The summed E-state index contributed by atoms with van der Waals surface area (Å²) in [5, 5.41) is 13.8. The maximum absolute atomic E-state index is 11.0. The Bertz CT molecular complexity index is 567. The number of nitrogens with one attached hydrogen (secondary N) is 1. The van der Waals surface area contributed by atoms with Crippen LogP contribution in [0.25, 0.3) is 10.2 Å². The standard InChI is InChI=1S/C11H14N4O2S/c1-15(2)4-3-12-10-9-8(13-6-14-10)7(5-18-9)11(16)17/h5-6H,3-4H2,1-2H3,(H,16,17)(H,12,13,14). The SMILES string of the molecule is CN(C)CCNc1ncnc2c(C(=O)O)csc12. The lowest BCUT2D eigenvalue weighted by atomic mass is 10.3. The second kappa shape index (κ2) is 5.28. The molecule has 6 nitrogen and oxygen atoms in total. The minimum absolute atomic E-state index is 0.230. The highest BCUT2D eigenvalue weighted by Gasteiger charge is 2.14. The van der Waals surface area contributed by atoms with Crippen molar-refractivity contribution in [2.75, 3.05) is 32.5 Å². The number of nitrogens with zero attached hydrogens (tertiary/aromatic N) is 3. The van der Waals surface area contributed by atoms with Crippen molar-refractivity contribution < 1.29 is 9.90 Å². The fourth-order valence-corrected chi connectivity index (χ4v) is 2.49. The van der Waals surface area contributed by atoms with Gasteiger partial charge in [-0.3, -0.25) is 0 Å². The number of aromatic nitrogens is 2. The predicted octanol–water partition coefficient (Wildman–Crippen LogP) is 1.36. The summed E-state index contributed by atoms with van der Waals surface area (Å²) in [6, 6.07) is 0. The van der Waals surface area contributed by atoms with Gasteiger partial charge in [0.25, 0.3) is 0 Å². The molecule has 0 aromatic carbocycles. The average molecular weight is 266 g/mol. The molecule has 96 valence electrons. The second-order valence-electron chi connectivity index (χ2n) is 4.08. The van der Waals surface area contributed by atoms with Gasteiger partial charge in [0.2, 0.25) is 0 Å². The topological polar surface area (TPSA) is 78.3 Å². The molecule has 7 heteroatoms. The molecule has 0 bridgehead atoms. The van der Waals surface area contributed by atoms with Crippen molar-refractivity contribution in [3.05, 3.63) is 17.3 Å². The van der Waals surface area contributed by atoms with Crippen LogP contribution in [0.15, 0.2) is 11.7 Å². The van der Waals surface area contributed by atoms with Crippen LogP contribution in [0.3, 0.4) is 0 Å². The molecule has 2 N–H and O–H groups in total. The van der Waals surface area contributed by atoms with Crippen LogP contribution in [0.2, 0.25) is 0 Å². The maximum atomic E-state index is 11.0. The number of carboxylic acid groups (broad SMARTS) is 1. The maximum Gasteiger partial charge on any atom is 0.338 e. The van der Waals surface area contributed by atoms with Gasteiger partial charge >= 0.3 is 5.97 Å². The van der Waals surface area contributed by atoms with E-state index in [-0.39, 0.29) is 5.56 Å². The van der Waals surface area contributed by atoms with Gasteiger partial charge in [-0.25, -0.2) is 14.8 Å². The molecular formula is C11H14N4O2S. The van der Waals surface area contributed by atoms with Crippen LogP contribution in [0.5, 0.6) is 0 Å². The zero-order valence-electron chi connectivity index (χ0n) is 10.2. The Morgan fingerprint density at radius 1 is 1.50 bits per heavy atom. The Kier molecular flexibility index (Phi) is 3.73. The van der Waals surface area contributed by atoms with E-state index in [1.165, 1.54) is 17.7 Å². The molecule has 0 aliphatic heterocycles. The Morgan fingerprint density at radius 3 is 2.94 bits per heavy atom. The van der Waals surface area contributed by atoms with Gasteiger partial charge in [0.1, 0.15) is 17.7 Å². The summed E-state index contributed by atoms with van der Waals surface area (Å²) in [6.45, 7) is 1.63. The molecule has 0 radical (unpaired) electrons. The van der Waals surface area contributed by atoms with Crippen LogP contribution in [-0.2, 0) is 0 Å². The normalized spacial score (nSPS) is 11.1. The monoisotopic (exact) mass is 266 g/mol. The Balaban J connectivity index is 2.26. The third kappa shape index (κ3) is 2.57. The van der Waals surface area contributed by atoms with Gasteiger partial charge in [-0.05, 0) is 14.1 Å². The van der Waals surface area contributed by atoms with Gasteiger partial charge in [0.05, 0.1) is 10.3 Å². The Morgan fingerprint density at radius 2 is 2.28 bits per heavy atom. The van der Waals surface area contributed by atoms with Crippen LogP contribution >= 0.6 is 11.3 Å². The number of anilines is 1.